The standard InChI is InChI=1S/C14H29N3O/c1-13-12-16(2)7-3-8-17(13)9-6-15-14-4-10-18-11-5-14/h13-15H,3-12H2,1-2H3. The zero-order valence-electron chi connectivity index (χ0n) is 12.0. The van der Waals surface area contributed by atoms with E-state index in [-0.39, 0.29) is 0 Å². The van der Waals surface area contributed by atoms with E-state index in [1.54, 1.807) is 0 Å². The van der Waals surface area contributed by atoms with Crippen LogP contribution in [0.25, 0.3) is 0 Å². The van der Waals surface area contributed by atoms with Crippen LogP contribution in [-0.4, -0.2) is 74.9 Å². The first kappa shape index (κ1) is 14.3. The number of rotatable bonds is 4. The molecule has 1 atom stereocenters. The molecule has 0 aromatic carbocycles. The van der Waals surface area contributed by atoms with Crippen molar-refractivity contribution in [3.63, 3.8) is 0 Å². The van der Waals surface area contributed by atoms with Crippen LogP contribution >= 0.6 is 0 Å². The van der Waals surface area contributed by atoms with Gasteiger partial charge in [0.2, 0.25) is 0 Å². The maximum atomic E-state index is 5.39. The van der Waals surface area contributed by atoms with E-state index in [0.29, 0.717) is 12.1 Å². The van der Waals surface area contributed by atoms with E-state index < -0.39 is 0 Å². The highest BCUT2D eigenvalue weighted by Gasteiger charge is 2.19. The van der Waals surface area contributed by atoms with Crippen LogP contribution in [0.2, 0.25) is 0 Å². The third kappa shape index (κ3) is 4.50. The van der Waals surface area contributed by atoms with Gasteiger partial charge in [-0.25, -0.2) is 0 Å². The SMILES string of the molecule is CC1CN(C)CCCN1CCNC1CCOCC1. The first-order valence-electron chi connectivity index (χ1n) is 7.49. The van der Waals surface area contributed by atoms with Crippen molar-refractivity contribution in [2.75, 3.05) is 53.0 Å². The Morgan fingerprint density at radius 1 is 1.22 bits per heavy atom. The summed E-state index contributed by atoms with van der Waals surface area (Å²) in [6, 6.07) is 1.37. The van der Waals surface area contributed by atoms with Gasteiger partial charge in [-0.1, -0.05) is 0 Å². The Balaban J connectivity index is 1.65. The van der Waals surface area contributed by atoms with Crippen molar-refractivity contribution in [3.05, 3.63) is 0 Å². The summed E-state index contributed by atoms with van der Waals surface area (Å²) in [5.74, 6) is 0. The van der Waals surface area contributed by atoms with Crippen molar-refractivity contribution < 1.29 is 4.74 Å². The van der Waals surface area contributed by atoms with Gasteiger partial charge >= 0.3 is 0 Å². The smallest absolute Gasteiger partial charge is 0.0480 e. The second kappa shape index (κ2) is 7.43. The number of ether oxygens (including phenoxy) is 1. The molecule has 0 amide bonds. The molecule has 2 aliphatic heterocycles. The predicted molar refractivity (Wildman–Crippen MR) is 75.0 cm³/mol. The Hall–Kier alpha value is -0.160. The van der Waals surface area contributed by atoms with Crippen LogP contribution in [0.4, 0.5) is 0 Å². The normalized spacial score (nSPS) is 29.3. The quantitative estimate of drug-likeness (QED) is 0.803. The minimum Gasteiger partial charge on any atom is -0.381 e. The molecule has 2 heterocycles. The predicted octanol–water partition coefficient (Wildman–Crippen LogP) is 0.781. The van der Waals surface area contributed by atoms with E-state index >= 15 is 0 Å². The van der Waals surface area contributed by atoms with Crippen LogP contribution in [0.3, 0.4) is 0 Å². The van der Waals surface area contributed by atoms with Gasteiger partial charge in [0, 0.05) is 44.9 Å². The number of hydrogen-bond donors (Lipinski definition) is 1. The largest absolute Gasteiger partial charge is 0.381 e. The van der Waals surface area contributed by atoms with Crippen LogP contribution in [0.5, 0.6) is 0 Å². The van der Waals surface area contributed by atoms with Crippen molar-refractivity contribution in [2.45, 2.75) is 38.3 Å². The number of likely N-dealkylation sites (N-methyl/N-ethyl adjacent to an activating group) is 1. The Bertz CT molecular complexity index is 231. The average Bonchev–Trinajstić information content (AvgIpc) is 2.52. The van der Waals surface area contributed by atoms with E-state index in [1.165, 1.54) is 45.4 Å². The molecule has 0 radical (unpaired) electrons. The fourth-order valence-electron chi connectivity index (χ4n) is 3.07. The van der Waals surface area contributed by atoms with E-state index in [0.717, 1.165) is 19.8 Å². The molecule has 1 unspecified atom stereocenters. The molecular formula is C14H29N3O. The Morgan fingerprint density at radius 2 is 2.00 bits per heavy atom. The molecule has 2 aliphatic rings. The highest BCUT2D eigenvalue weighted by molar-refractivity contribution is 4.77. The molecule has 4 nitrogen and oxygen atoms in total. The lowest BCUT2D eigenvalue weighted by molar-refractivity contribution is 0.0767. The third-order valence-corrected chi connectivity index (χ3v) is 4.24. The summed E-state index contributed by atoms with van der Waals surface area (Å²) in [7, 11) is 2.24. The molecule has 1 N–H and O–H groups in total. The van der Waals surface area contributed by atoms with E-state index in [9.17, 15) is 0 Å². The maximum Gasteiger partial charge on any atom is 0.0480 e. The van der Waals surface area contributed by atoms with Gasteiger partial charge in [-0.05, 0) is 46.3 Å². The third-order valence-electron chi connectivity index (χ3n) is 4.24. The molecule has 2 rings (SSSR count). The average molecular weight is 255 g/mol. The minimum atomic E-state index is 0.684. The van der Waals surface area contributed by atoms with E-state index in [2.05, 4.69) is 29.1 Å². The molecule has 106 valence electrons. The summed E-state index contributed by atoms with van der Waals surface area (Å²) in [5.41, 5.74) is 0. The highest BCUT2D eigenvalue weighted by atomic mass is 16.5. The van der Waals surface area contributed by atoms with Crippen molar-refractivity contribution in [1.29, 1.82) is 0 Å². The highest BCUT2D eigenvalue weighted by Crippen LogP contribution is 2.09. The van der Waals surface area contributed by atoms with Gasteiger partial charge in [-0.3, -0.25) is 4.90 Å². The molecule has 0 aromatic heterocycles. The van der Waals surface area contributed by atoms with Crippen LogP contribution in [-0.2, 0) is 4.74 Å². The maximum absolute atomic E-state index is 5.39. The minimum absolute atomic E-state index is 0.684. The van der Waals surface area contributed by atoms with Gasteiger partial charge in [-0.2, -0.15) is 0 Å². The molecule has 0 aliphatic carbocycles. The summed E-state index contributed by atoms with van der Waals surface area (Å²) in [6.45, 7) is 10.2. The Morgan fingerprint density at radius 3 is 2.78 bits per heavy atom. The summed E-state index contributed by atoms with van der Waals surface area (Å²) in [6.07, 6.45) is 3.66. The lowest BCUT2D eigenvalue weighted by atomic mass is 10.1. The second-order valence-corrected chi connectivity index (χ2v) is 5.84. The first-order chi connectivity index (χ1) is 8.75. The van der Waals surface area contributed by atoms with E-state index in [4.69, 9.17) is 4.74 Å². The van der Waals surface area contributed by atoms with Crippen molar-refractivity contribution in [2.24, 2.45) is 0 Å². The molecule has 0 bridgehead atoms. The van der Waals surface area contributed by atoms with Crippen LogP contribution in [0.1, 0.15) is 26.2 Å². The second-order valence-electron chi connectivity index (χ2n) is 5.84. The summed E-state index contributed by atoms with van der Waals surface area (Å²) < 4.78 is 5.39. The van der Waals surface area contributed by atoms with Gasteiger partial charge in [-0.15, -0.1) is 0 Å². The van der Waals surface area contributed by atoms with Gasteiger partial charge < -0.3 is 15.0 Å². The van der Waals surface area contributed by atoms with Gasteiger partial charge in [0.05, 0.1) is 0 Å². The lowest BCUT2D eigenvalue weighted by Crippen LogP contribution is -2.44. The summed E-state index contributed by atoms with van der Waals surface area (Å²) >= 11 is 0. The van der Waals surface area contributed by atoms with Crippen LogP contribution in [0.15, 0.2) is 0 Å². The van der Waals surface area contributed by atoms with Crippen molar-refractivity contribution in [3.8, 4) is 0 Å². The van der Waals surface area contributed by atoms with Crippen molar-refractivity contribution in [1.82, 2.24) is 15.1 Å². The molecular weight excluding hydrogens is 226 g/mol. The topological polar surface area (TPSA) is 27.7 Å². The Kier molecular flexibility index (Phi) is 5.89. The monoisotopic (exact) mass is 255 g/mol. The first-order valence-corrected chi connectivity index (χ1v) is 7.49. The summed E-state index contributed by atoms with van der Waals surface area (Å²) in [5, 5.41) is 3.69. The fourth-order valence-corrected chi connectivity index (χ4v) is 3.07. The molecule has 0 aromatic rings. The molecule has 18 heavy (non-hydrogen) atoms. The van der Waals surface area contributed by atoms with Gasteiger partial charge in [0.15, 0.2) is 0 Å². The van der Waals surface area contributed by atoms with Crippen LogP contribution in [0, 0.1) is 0 Å². The molecule has 0 spiro atoms. The van der Waals surface area contributed by atoms with Crippen molar-refractivity contribution >= 4 is 0 Å². The number of hydrogen-bond acceptors (Lipinski definition) is 4. The van der Waals surface area contributed by atoms with Crippen LogP contribution < -0.4 is 5.32 Å². The fraction of sp³-hybridized carbons (Fsp3) is 1.00. The Labute approximate surface area is 112 Å². The number of nitrogens with one attached hydrogen (secondary N) is 1. The number of nitrogens with zero attached hydrogens (tertiary/aromatic N) is 2. The van der Waals surface area contributed by atoms with E-state index in [1.807, 2.05) is 0 Å². The molecule has 2 saturated heterocycles. The summed E-state index contributed by atoms with van der Waals surface area (Å²) in [4.78, 5) is 5.09. The zero-order chi connectivity index (χ0) is 12.8. The van der Waals surface area contributed by atoms with Gasteiger partial charge in [0.25, 0.3) is 0 Å². The molecule has 2 fully saturated rings. The van der Waals surface area contributed by atoms with Gasteiger partial charge in [0.1, 0.15) is 0 Å². The molecule has 4 heteroatoms. The lowest BCUT2D eigenvalue weighted by Gasteiger charge is -2.29. The molecule has 0 saturated carbocycles. The zero-order valence-corrected chi connectivity index (χ0v) is 12.0.